The van der Waals surface area contributed by atoms with Crippen molar-refractivity contribution in [1.29, 1.82) is 0 Å². The van der Waals surface area contributed by atoms with E-state index in [0.29, 0.717) is 12.5 Å². The molecule has 1 N–H and O–H groups in total. The van der Waals surface area contributed by atoms with E-state index in [1.807, 2.05) is 12.1 Å². The minimum absolute atomic E-state index is 0.0545. The molecule has 6 heteroatoms. The standard InChI is InChI=1S/C18H30N2O3S/c1-5-24(21,22)19-18-10-11-20(4)12-16(18)13-23-17-8-6-15(7-9-17)14(2)3/h6-9,14,16,18-19H,5,10-13H2,1-4H3. The Balaban J connectivity index is 1.98. The van der Waals surface area contributed by atoms with Crippen molar-refractivity contribution in [1.82, 2.24) is 9.62 Å². The number of hydrogen-bond acceptors (Lipinski definition) is 4. The van der Waals surface area contributed by atoms with Gasteiger partial charge >= 0.3 is 0 Å². The van der Waals surface area contributed by atoms with Crippen molar-refractivity contribution < 1.29 is 13.2 Å². The van der Waals surface area contributed by atoms with Crippen LogP contribution < -0.4 is 9.46 Å². The highest BCUT2D eigenvalue weighted by Crippen LogP contribution is 2.22. The highest BCUT2D eigenvalue weighted by Gasteiger charge is 2.30. The van der Waals surface area contributed by atoms with Crippen LogP contribution in [0.25, 0.3) is 0 Å². The molecule has 1 aromatic carbocycles. The van der Waals surface area contributed by atoms with E-state index in [2.05, 4.69) is 42.6 Å². The smallest absolute Gasteiger partial charge is 0.211 e. The first-order valence-corrected chi connectivity index (χ1v) is 10.4. The van der Waals surface area contributed by atoms with Crippen LogP contribution in [-0.2, 0) is 10.0 Å². The Morgan fingerprint density at radius 1 is 1.29 bits per heavy atom. The van der Waals surface area contributed by atoms with Crippen molar-refractivity contribution >= 4 is 10.0 Å². The Bertz CT molecular complexity index is 614. The molecule has 0 amide bonds. The summed E-state index contributed by atoms with van der Waals surface area (Å²) in [5, 5.41) is 0. The van der Waals surface area contributed by atoms with E-state index in [1.54, 1.807) is 6.92 Å². The first kappa shape index (κ1) is 19.2. The summed E-state index contributed by atoms with van der Waals surface area (Å²) in [5.41, 5.74) is 1.29. The second-order valence-corrected chi connectivity index (χ2v) is 9.02. The van der Waals surface area contributed by atoms with E-state index in [4.69, 9.17) is 4.74 Å². The van der Waals surface area contributed by atoms with Gasteiger partial charge in [0.15, 0.2) is 0 Å². The number of piperidine rings is 1. The lowest BCUT2D eigenvalue weighted by molar-refractivity contribution is 0.125. The molecule has 0 spiro atoms. The fourth-order valence-electron chi connectivity index (χ4n) is 3.00. The number of nitrogens with one attached hydrogen (secondary N) is 1. The highest BCUT2D eigenvalue weighted by atomic mass is 32.2. The van der Waals surface area contributed by atoms with Crippen LogP contribution in [0.3, 0.4) is 0 Å². The van der Waals surface area contributed by atoms with Gasteiger partial charge in [0.2, 0.25) is 10.0 Å². The number of hydrogen-bond donors (Lipinski definition) is 1. The number of rotatable bonds is 7. The van der Waals surface area contributed by atoms with Gasteiger partial charge in [-0.15, -0.1) is 0 Å². The molecule has 0 radical (unpaired) electrons. The van der Waals surface area contributed by atoms with Gasteiger partial charge in [0.05, 0.1) is 12.4 Å². The normalized spacial score (nSPS) is 22.7. The van der Waals surface area contributed by atoms with Crippen molar-refractivity contribution in [2.75, 3.05) is 32.5 Å². The van der Waals surface area contributed by atoms with E-state index in [0.717, 1.165) is 25.3 Å². The molecular formula is C18H30N2O3S. The first-order valence-electron chi connectivity index (χ1n) is 8.72. The monoisotopic (exact) mass is 354 g/mol. The van der Waals surface area contributed by atoms with Gasteiger partial charge in [0, 0.05) is 18.5 Å². The molecule has 2 atom stereocenters. The molecule has 24 heavy (non-hydrogen) atoms. The summed E-state index contributed by atoms with van der Waals surface area (Å²) in [4.78, 5) is 2.23. The molecule has 0 aromatic heterocycles. The number of sulfonamides is 1. The summed E-state index contributed by atoms with van der Waals surface area (Å²) in [6.45, 7) is 8.25. The number of benzene rings is 1. The van der Waals surface area contributed by atoms with Crippen molar-refractivity contribution in [3.05, 3.63) is 29.8 Å². The van der Waals surface area contributed by atoms with Gasteiger partial charge < -0.3 is 9.64 Å². The van der Waals surface area contributed by atoms with Gasteiger partial charge in [-0.1, -0.05) is 26.0 Å². The molecule has 0 bridgehead atoms. The Labute approximate surface area is 146 Å². The highest BCUT2D eigenvalue weighted by molar-refractivity contribution is 7.89. The van der Waals surface area contributed by atoms with Gasteiger partial charge in [-0.2, -0.15) is 0 Å². The van der Waals surface area contributed by atoms with Crippen LogP contribution in [-0.4, -0.2) is 51.9 Å². The Morgan fingerprint density at radius 3 is 2.54 bits per heavy atom. The molecular weight excluding hydrogens is 324 g/mol. The predicted molar refractivity (Wildman–Crippen MR) is 98.0 cm³/mol. The van der Waals surface area contributed by atoms with E-state index in [1.165, 1.54) is 5.56 Å². The van der Waals surface area contributed by atoms with Crippen molar-refractivity contribution in [3.8, 4) is 5.75 Å². The minimum Gasteiger partial charge on any atom is -0.493 e. The van der Waals surface area contributed by atoms with E-state index < -0.39 is 10.0 Å². The average Bonchev–Trinajstić information content (AvgIpc) is 2.55. The first-order chi connectivity index (χ1) is 11.3. The molecule has 1 aliphatic rings. The summed E-state index contributed by atoms with van der Waals surface area (Å²) >= 11 is 0. The molecule has 5 nitrogen and oxygen atoms in total. The molecule has 2 unspecified atom stereocenters. The van der Waals surface area contributed by atoms with E-state index in [-0.39, 0.29) is 17.7 Å². The van der Waals surface area contributed by atoms with E-state index >= 15 is 0 Å². The summed E-state index contributed by atoms with van der Waals surface area (Å²) < 4.78 is 32.6. The van der Waals surface area contributed by atoms with Crippen LogP contribution in [0.2, 0.25) is 0 Å². The van der Waals surface area contributed by atoms with Crippen molar-refractivity contribution in [2.24, 2.45) is 5.92 Å². The van der Waals surface area contributed by atoms with E-state index in [9.17, 15) is 8.42 Å². The topological polar surface area (TPSA) is 58.6 Å². The second-order valence-electron chi connectivity index (χ2n) is 6.97. The summed E-state index contributed by atoms with van der Waals surface area (Å²) in [6, 6.07) is 8.11. The maximum atomic E-state index is 11.9. The van der Waals surface area contributed by atoms with Crippen molar-refractivity contribution in [2.45, 2.75) is 39.2 Å². The van der Waals surface area contributed by atoms with Crippen molar-refractivity contribution in [3.63, 3.8) is 0 Å². The maximum Gasteiger partial charge on any atom is 0.211 e. The second kappa shape index (κ2) is 8.32. The largest absolute Gasteiger partial charge is 0.493 e. The zero-order chi connectivity index (χ0) is 17.7. The third-order valence-electron chi connectivity index (χ3n) is 4.66. The number of nitrogens with zero attached hydrogens (tertiary/aromatic N) is 1. The van der Waals surface area contributed by atoms with Crippen LogP contribution >= 0.6 is 0 Å². The molecule has 1 heterocycles. The lowest BCUT2D eigenvalue weighted by atomic mass is 9.94. The van der Waals surface area contributed by atoms with Crippen LogP contribution in [0.1, 0.15) is 38.7 Å². The van der Waals surface area contributed by atoms with Crippen LogP contribution in [0.4, 0.5) is 0 Å². The molecule has 0 aliphatic carbocycles. The van der Waals surface area contributed by atoms with Gasteiger partial charge in [0.1, 0.15) is 5.75 Å². The number of ether oxygens (including phenoxy) is 1. The molecule has 1 aromatic rings. The molecule has 2 rings (SSSR count). The summed E-state index contributed by atoms with van der Waals surface area (Å²) in [5.74, 6) is 1.60. The zero-order valence-electron chi connectivity index (χ0n) is 15.2. The fraction of sp³-hybridized carbons (Fsp3) is 0.667. The lowest BCUT2D eigenvalue weighted by Crippen LogP contribution is -2.52. The fourth-order valence-corrected chi connectivity index (χ4v) is 3.94. The van der Waals surface area contributed by atoms with Crippen LogP contribution in [0.15, 0.2) is 24.3 Å². The van der Waals surface area contributed by atoms with Gasteiger partial charge in [-0.25, -0.2) is 13.1 Å². The third kappa shape index (κ3) is 5.46. The van der Waals surface area contributed by atoms with Crippen LogP contribution in [0, 0.1) is 5.92 Å². The van der Waals surface area contributed by atoms with Gasteiger partial charge in [0.25, 0.3) is 0 Å². The lowest BCUT2D eigenvalue weighted by Gasteiger charge is -2.36. The minimum atomic E-state index is -3.19. The maximum absolute atomic E-state index is 11.9. The molecule has 136 valence electrons. The van der Waals surface area contributed by atoms with Crippen LogP contribution in [0.5, 0.6) is 5.75 Å². The zero-order valence-corrected chi connectivity index (χ0v) is 16.0. The van der Waals surface area contributed by atoms with Gasteiger partial charge in [-0.05, 0) is 50.6 Å². The third-order valence-corrected chi connectivity index (χ3v) is 6.08. The molecule has 0 saturated carbocycles. The SMILES string of the molecule is CCS(=O)(=O)NC1CCN(C)CC1COc1ccc(C(C)C)cc1. The summed E-state index contributed by atoms with van der Waals surface area (Å²) in [7, 11) is -1.13. The predicted octanol–water partition coefficient (Wildman–Crippen LogP) is 2.45. The average molecular weight is 355 g/mol. The molecule has 1 fully saturated rings. The Morgan fingerprint density at radius 2 is 1.96 bits per heavy atom. The molecule has 1 saturated heterocycles. The Hall–Kier alpha value is -1.11. The summed E-state index contributed by atoms with van der Waals surface area (Å²) in [6.07, 6.45) is 0.816. The van der Waals surface area contributed by atoms with Gasteiger partial charge in [-0.3, -0.25) is 0 Å². The quantitative estimate of drug-likeness (QED) is 0.817. The Kier molecular flexibility index (Phi) is 6.66. The molecule has 1 aliphatic heterocycles. The number of likely N-dealkylation sites (tertiary alicyclic amines) is 1.